The molecule has 0 amide bonds. The van der Waals surface area contributed by atoms with Crippen LogP contribution in [0.4, 0.5) is 0 Å². The number of nitrogens with zero attached hydrogens (tertiary/aromatic N) is 6. The number of alkyl halides is 1. The maximum atomic E-state index is 12.8. The van der Waals surface area contributed by atoms with E-state index in [2.05, 4.69) is 42.8 Å². The maximum absolute atomic E-state index is 12.8. The number of hydrogen-bond donors (Lipinski definition) is 2. The number of hydrogen-bond acceptors (Lipinski definition) is 16. The standard InChI is InChI=1S/C27H25ClN2O3.C25H21ClN2O3.C17H15ClN2O.C9H9BrO2.C5H10O2.CH2O3.4CH4.2K.H/c1-3-30-24(19-11-7-5-8-12-19)18-23(29-30)22-17-21(28)15-16-25(22)33-26(27(31)32-4-2)20-13-9-6-10-14-20;1-2-28-22(17-9-5-3-6-10-17)16-21(27-28)20-15-19(26)13-14-23(20)31-24(25(29)30)18-11-7-4-8-12-18;1-2-20-16(12-6-4-3-5-7-12)11-15(19-20)14-10-13(18)8-9-17(14)21;1-12-9(11)8(10)7-5-3-2-4-6-7;1-6-5-3-2-4-7-5;2-1-4-3;;;;;;;/h5-18,26H,3-4H2,1-2H3;3-16,24H,2H2,1H3,(H,29,30);3-11,21H,2H2,1H3;2-6,8H,1H3;5H,2-4H2,1H3;1,3H;4*1H4;;;/q;;;;;;;;;;2*+1;-1/p-1. The molecule has 0 radical (unpaired) electrons. The van der Waals surface area contributed by atoms with Crippen LogP contribution in [0.25, 0.3) is 67.5 Å². The number of ether oxygens (including phenoxy) is 6. The summed E-state index contributed by atoms with van der Waals surface area (Å²) < 4.78 is 37.8. The molecule has 20 nitrogen and oxygen atoms in total. The molecule has 0 bridgehead atoms. The number of esters is 2. The molecule has 114 heavy (non-hydrogen) atoms. The van der Waals surface area contributed by atoms with Gasteiger partial charge in [0.25, 0.3) is 6.47 Å². The summed E-state index contributed by atoms with van der Waals surface area (Å²) in [5.41, 5.74) is 12.4. The SMILES string of the molecule is C.C.C.C.CCOC(=O)C(Oc1ccc(Cl)cc1-c1cc(-c2ccccc2)n(CC)n1)c1ccccc1.CCn1nc(-c2cc(Cl)ccc2O)cc1-c1ccccc1.CCn1nc(-c2cc(Cl)ccc2OC(C(=O)O)c2ccccc2)cc1-c1ccccc1.COC(=O)C(Br)c1ccccc1.COC1CCCO1.O=CO[O-].[H-].[K+].[K+]. The van der Waals surface area contributed by atoms with Gasteiger partial charge in [0.1, 0.15) is 22.1 Å². The zero-order valence-corrected chi connectivity index (χ0v) is 72.2. The molecule has 1 saturated heterocycles. The summed E-state index contributed by atoms with van der Waals surface area (Å²) >= 11 is 21.9. The molecule has 4 atom stereocenters. The number of carbonyl (C=O) groups is 4. The number of aromatic nitrogens is 6. The fourth-order valence-electron chi connectivity index (χ4n) is 11.1. The van der Waals surface area contributed by atoms with E-state index in [9.17, 15) is 24.6 Å². The quantitative estimate of drug-likeness (QED) is 0.0160. The van der Waals surface area contributed by atoms with Crippen molar-refractivity contribution in [1.82, 2.24) is 29.3 Å². The first-order chi connectivity index (χ1) is 52.4. The monoisotopic (exact) mass is 1720 g/mol. The molecule has 1 aliphatic rings. The Morgan fingerprint density at radius 1 is 0.526 bits per heavy atom. The smallest absolute Gasteiger partial charge is 1.00 e. The molecule has 0 spiro atoms. The first-order valence-electron chi connectivity index (χ1n) is 34.4. The van der Waals surface area contributed by atoms with Crippen LogP contribution >= 0.6 is 50.7 Å². The minimum Gasteiger partial charge on any atom is -1.00 e. The van der Waals surface area contributed by atoms with Crippen molar-refractivity contribution in [3.8, 4) is 84.8 Å². The Kier molecular flexibility index (Phi) is 48.8. The van der Waals surface area contributed by atoms with Gasteiger partial charge in [-0.2, -0.15) is 15.3 Å². The Bertz CT molecular complexity index is 4790. The molecule has 594 valence electrons. The topological polar surface area (TPSA) is 250 Å². The van der Waals surface area contributed by atoms with E-state index < -0.39 is 24.1 Å². The average molecular weight is 1730 g/mol. The van der Waals surface area contributed by atoms with Crippen molar-refractivity contribution < 1.29 is 172 Å². The summed E-state index contributed by atoms with van der Waals surface area (Å²) in [5, 5.41) is 44.0. The van der Waals surface area contributed by atoms with Crippen molar-refractivity contribution in [2.45, 2.75) is 113 Å². The molecule has 13 rings (SSSR count). The summed E-state index contributed by atoms with van der Waals surface area (Å²) in [6, 6.07) is 79.1. The molecule has 3 aromatic heterocycles. The fourth-order valence-corrected chi connectivity index (χ4v) is 12.1. The van der Waals surface area contributed by atoms with Crippen LogP contribution in [0.5, 0.6) is 17.2 Å². The number of rotatable bonds is 22. The number of benzene rings is 9. The number of aromatic hydroxyl groups is 1. The number of aryl methyl sites for hydroxylation is 3. The Morgan fingerprint density at radius 2 is 0.868 bits per heavy atom. The molecule has 26 heteroatoms. The van der Waals surface area contributed by atoms with Gasteiger partial charge in [-0.3, -0.25) is 23.6 Å². The van der Waals surface area contributed by atoms with E-state index >= 15 is 0 Å². The van der Waals surface area contributed by atoms with Crippen molar-refractivity contribution >= 4 is 75.1 Å². The van der Waals surface area contributed by atoms with Crippen LogP contribution in [-0.4, -0.2) is 97.7 Å². The summed E-state index contributed by atoms with van der Waals surface area (Å²) in [6.07, 6.45) is 0.255. The summed E-state index contributed by atoms with van der Waals surface area (Å²) in [4.78, 5) is 46.6. The molecule has 9 aromatic carbocycles. The molecule has 2 N–H and O–H groups in total. The van der Waals surface area contributed by atoms with E-state index in [1.807, 2.05) is 199 Å². The second-order valence-electron chi connectivity index (χ2n) is 23.3. The third-order valence-corrected chi connectivity index (χ3v) is 17.8. The van der Waals surface area contributed by atoms with Gasteiger partial charge in [-0.15, -0.1) is 0 Å². The number of aliphatic carboxylic acids is 1. The predicted molar refractivity (Wildman–Crippen MR) is 448 cm³/mol. The van der Waals surface area contributed by atoms with E-state index in [4.69, 9.17) is 78.7 Å². The van der Waals surface area contributed by atoms with Crippen LogP contribution in [-0.2, 0) is 62.6 Å². The number of carboxylic acids is 1. The van der Waals surface area contributed by atoms with E-state index in [0.717, 1.165) is 71.0 Å². The number of halogens is 4. The van der Waals surface area contributed by atoms with E-state index in [0.29, 0.717) is 78.9 Å². The zero-order chi connectivity index (χ0) is 77.3. The van der Waals surface area contributed by atoms with Gasteiger partial charge in [-0.05, 0) is 129 Å². The summed E-state index contributed by atoms with van der Waals surface area (Å²) in [5.74, 6) is -0.714. The largest absolute Gasteiger partial charge is 1.00 e. The first kappa shape index (κ1) is 102. The van der Waals surface area contributed by atoms with Crippen LogP contribution in [0.3, 0.4) is 0 Å². The van der Waals surface area contributed by atoms with Crippen molar-refractivity contribution in [1.29, 1.82) is 0 Å². The summed E-state index contributed by atoms with van der Waals surface area (Å²) in [6.45, 7) is 11.0. The van der Waals surface area contributed by atoms with Crippen molar-refractivity contribution in [2.75, 3.05) is 27.4 Å². The van der Waals surface area contributed by atoms with Gasteiger partial charge in [-0.25, -0.2) is 9.59 Å². The van der Waals surface area contributed by atoms with Gasteiger partial charge < -0.3 is 50.2 Å². The fraction of sp³-hybridized carbons (Fsp3) is 0.239. The number of carbonyl (C=O) groups excluding carboxylic acids is 3. The van der Waals surface area contributed by atoms with Gasteiger partial charge >= 0.3 is 121 Å². The normalized spacial score (nSPS) is 12.0. The molecule has 4 heterocycles. The molecule has 4 unspecified atom stereocenters. The van der Waals surface area contributed by atoms with Crippen LogP contribution in [0.2, 0.25) is 15.1 Å². The maximum Gasteiger partial charge on any atom is 1.00 e. The number of methoxy groups -OCH3 is 2. The number of phenols is 1. The van der Waals surface area contributed by atoms with Crippen LogP contribution < -0.4 is 118 Å². The van der Waals surface area contributed by atoms with Crippen molar-refractivity contribution in [2.24, 2.45) is 0 Å². The van der Waals surface area contributed by atoms with E-state index in [-0.39, 0.29) is 170 Å². The Labute approximate surface area is 779 Å². The third kappa shape index (κ3) is 30.1. The molecule has 12 aromatic rings. The zero-order valence-electron chi connectivity index (χ0n) is 63.1. The molecular formula is C88H98BrCl3K2N6O14. The minimum absolute atomic E-state index is 0. The second-order valence-corrected chi connectivity index (χ2v) is 25.5. The molecule has 0 saturated carbocycles. The first-order valence-corrected chi connectivity index (χ1v) is 36.5. The van der Waals surface area contributed by atoms with E-state index in [1.165, 1.54) is 7.11 Å². The Balaban J connectivity index is 0.000000746. The van der Waals surface area contributed by atoms with Crippen molar-refractivity contribution in [3.63, 3.8) is 0 Å². The Morgan fingerprint density at radius 3 is 1.19 bits per heavy atom. The van der Waals surface area contributed by atoms with E-state index in [1.54, 1.807) is 92.9 Å². The molecule has 1 aliphatic heterocycles. The number of carboxylic acid groups (broad SMARTS) is 1. The molecule has 0 aliphatic carbocycles. The minimum atomic E-state index is -1.15. The Hall–Kier alpha value is -7.61. The third-order valence-electron chi connectivity index (χ3n) is 16.2. The van der Waals surface area contributed by atoms with Gasteiger partial charge in [0.05, 0.1) is 47.9 Å². The van der Waals surface area contributed by atoms with Gasteiger partial charge in [0.15, 0.2) is 6.29 Å². The van der Waals surface area contributed by atoms with Crippen molar-refractivity contribution in [3.05, 3.63) is 287 Å². The average Bonchev–Trinajstić information content (AvgIpc) is 1.68. The summed E-state index contributed by atoms with van der Waals surface area (Å²) in [7, 11) is 3.05. The van der Waals surface area contributed by atoms with Crippen LogP contribution in [0, 0.1) is 0 Å². The van der Waals surface area contributed by atoms with Crippen LogP contribution in [0.1, 0.15) is 105 Å². The second kappa shape index (κ2) is 54.3. The van der Waals surface area contributed by atoms with Gasteiger partial charge in [-0.1, -0.05) is 262 Å². The van der Waals surface area contributed by atoms with Gasteiger partial charge in [0.2, 0.25) is 12.2 Å². The predicted octanol–water partition coefficient (Wildman–Crippen LogP) is 15.4. The van der Waals surface area contributed by atoms with Crippen LogP contribution in [0.15, 0.2) is 255 Å². The molecule has 1 fully saturated rings. The molecular weight excluding hydrogens is 1630 g/mol. The van der Waals surface area contributed by atoms with Gasteiger partial charge in [0, 0.05) is 82.7 Å². The number of phenolic OH excluding ortho intramolecular Hbond substituents is 1.